The van der Waals surface area contributed by atoms with Gasteiger partial charge in [0.2, 0.25) is 0 Å². The third-order valence-corrected chi connectivity index (χ3v) is 4.44. The molecule has 26 heavy (non-hydrogen) atoms. The molecule has 3 nitrogen and oxygen atoms in total. The molecule has 0 aliphatic carbocycles. The van der Waals surface area contributed by atoms with Crippen molar-refractivity contribution < 1.29 is 5.11 Å². The molecule has 0 amide bonds. The molecule has 0 radical (unpaired) electrons. The van der Waals surface area contributed by atoms with Gasteiger partial charge < -0.3 is 5.11 Å². The Morgan fingerprint density at radius 1 is 0.808 bits per heavy atom. The number of hydrogen-bond donors (Lipinski definition) is 1. The van der Waals surface area contributed by atoms with E-state index < -0.39 is 0 Å². The first-order chi connectivity index (χ1) is 12.1. The second-order valence-electron chi connectivity index (χ2n) is 8.87. The van der Waals surface area contributed by atoms with E-state index in [1.807, 2.05) is 22.9 Å². The van der Waals surface area contributed by atoms with E-state index in [9.17, 15) is 5.11 Å². The summed E-state index contributed by atoms with van der Waals surface area (Å²) in [6.07, 6.45) is 0. The van der Waals surface area contributed by atoms with Crippen molar-refractivity contribution in [1.29, 1.82) is 0 Å². The van der Waals surface area contributed by atoms with Gasteiger partial charge in [-0.15, -0.1) is 0 Å². The summed E-state index contributed by atoms with van der Waals surface area (Å²) in [6, 6.07) is 17.8. The zero-order valence-corrected chi connectivity index (χ0v) is 16.5. The molecule has 0 saturated carbocycles. The number of rotatable bonds is 2. The van der Waals surface area contributed by atoms with Crippen molar-refractivity contribution in [3.63, 3.8) is 0 Å². The van der Waals surface area contributed by atoms with Crippen molar-refractivity contribution in [2.24, 2.45) is 0 Å². The maximum atomic E-state index is 9.98. The van der Waals surface area contributed by atoms with Crippen LogP contribution in [0.25, 0.3) is 16.8 Å². The molecule has 3 heteroatoms. The van der Waals surface area contributed by atoms with Crippen molar-refractivity contribution in [3.05, 3.63) is 66.0 Å². The molecule has 0 aliphatic rings. The normalized spacial score (nSPS) is 12.4. The van der Waals surface area contributed by atoms with Gasteiger partial charge in [0.1, 0.15) is 5.75 Å². The van der Waals surface area contributed by atoms with Crippen LogP contribution in [-0.4, -0.2) is 14.9 Å². The van der Waals surface area contributed by atoms with Gasteiger partial charge in [0.25, 0.3) is 0 Å². The van der Waals surface area contributed by atoms with E-state index in [1.165, 1.54) is 11.1 Å². The number of benzene rings is 2. The molecule has 0 saturated heterocycles. The Morgan fingerprint density at radius 3 is 2.00 bits per heavy atom. The van der Waals surface area contributed by atoms with Crippen LogP contribution in [0.2, 0.25) is 0 Å². The van der Waals surface area contributed by atoms with Gasteiger partial charge >= 0.3 is 0 Å². The first-order valence-corrected chi connectivity index (χ1v) is 9.08. The summed E-state index contributed by atoms with van der Waals surface area (Å²) < 4.78 is 2.00. The summed E-state index contributed by atoms with van der Waals surface area (Å²) in [6.45, 7) is 13.2. The molecule has 0 atom stereocenters. The van der Waals surface area contributed by atoms with Crippen LogP contribution in [0, 0.1) is 0 Å². The fourth-order valence-corrected chi connectivity index (χ4v) is 3.33. The quantitative estimate of drug-likeness (QED) is 0.632. The molecule has 1 aromatic heterocycles. The van der Waals surface area contributed by atoms with Crippen LogP contribution >= 0.6 is 0 Å². The predicted molar refractivity (Wildman–Crippen MR) is 108 cm³/mol. The van der Waals surface area contributed by atoms with Gasteiger partial charge in [0.05, 0.1) is 17.1 Å². The highest BCUT2D eigenvalue weighted by atomic mass is 16.3. The number of phenolic OH excluding ortho intramolecular Hbond substituents is 1. The molecule has 0 unspecified atom stereocenters. The first kappa shape index (κ1) is 18.2. The van der Waals surface area contributed by atoms with Crippen molar-refractivity contribution >= 4 is 0 Å². The summed E-state index contributed by atoms with van der Waals surface area (Å²) >= 11 is 0. The van der Waals surface area contributed by atoms with Crippen LogP contribution < -0.4 is 0 Å². The molecule has 1 heterocycles. The Labute approximate surface area is 156 Å². The lowest BCUT2D eigenvalue weighted by molar-refractivity contribution is 0.474. The Morgan fingerprint density at radius 2 is 1.46 bits per heavy atom. The Kier molecular flexibility index (Phi) is 4.43. The van der Waals surface area contributed by atoms with Crippen molar-refractivity contribution in [2.45, 2.75) is 52.4 Å². The molecular weight excluding hydrogens is 320 g/mol. The monoisotopic (exact) mass is 348 g/mol. The number of aromatic hydroxyl groups is 1. The van der Waals surface area contributed by atoms with Crippen LogP contribution in [0.3, 0.4) is 0 Å². The molecule has 1 N–H and O–H groups in total. The van der Waals surface area contributed by atoms with Crippen LogP contribution in [0.1, 0.15) is 52.9 Å². The lowest BCUT2D eigenvalue weighted by Crippen LogP contribution is -2.18. The molecule has 2 aromatic carbocycles. The number of nitrogens with zero attached hydrogens (tertiary/aromatic N) is 2. The van der Waals surface area contributed by atoms with E-state index in [-0.39, 0.29) is 16.6 Å². The molecule has 0 bridgehead atoms. The standard InChI is InChI=1S/C23H28N2O/c1-22(2,3)20-19(16-11-8-7-9-12-16)21(23(4,5)6)25(24-20)17-13-10-14-18(26)15-17/h7-15,26H,1-6H3. The zero-order valence-electron chi connectivity index (χ0n) is 16.5. The highest BCUT2D eigenvalue weighted by Gasteiger charge is 2.33. The first-order valence-electron chi connectivity index (χ1n) is 9.08. The van der Waals surface area contributed by atoms with E-state index in [0.29, 0.717) is 0 Å². The second kappa shape index (κ2) is 6.31. The minimum atomic E-state index is -0.118. The van der Waals surface area contributed by atoms with Crippen LogP contribution in [0.5, 0.6) is 5.75 Å². The zero-order chi connectivity index (χ0) is 19.1. The van der Waals surface area contributed by atoms with Gasteiger partial charge in [-0.05, 0) is 17.7 Å². The number of aromatic nitrogens is 2. The van der Waals surface area contributed by atoms with Gasteiger partial charge in [-0.25, -0.2) is 4.68 Å². The minimum Gasteiger partial charge on any atom is -0.508 e. The molecule has 3 rings (SSSR count). The minimum absolute atomic E-state index is 0.104. The number of hydrogen-bond acceptors (Lipinski definition) is 2. The lowest BCUT2D eigenvalue weighted by atomic mass is 9.81. The highest BCUT2D eigenvalue weighted by Crippen LogP contribution is 2.41. The van der Waals surface area contributed by atoms with E-state index >= 15 is 0 Å². The molecule has 3 aromatic rings. The van der Waals surface area contributed by atoms with Crippen molar-refractivity contribution in [3.8, 4) is 22.6 Å². The Balaban J connectivity index is 2.42. The third-order valence-electron chi connectivity index (χ3n) is 4.44. The van der Waals surface area contributed by atoms with Gasteiger partial charge in [-0.3, -0.25) is 0 Å². The Bertz CT molecular complexity index is 910. The van der Waals surface area contributed by atoms with Crippen molar-refractivity contribution in [2.75, 3.05) is 0 Å². The van der Waals surface area contributed by atoms with Crippen LogP contribution in [-0.2, 0) is 10.8 Å². The summed E-state index contributed by atoms with van der Waals surface area (Å²) in [5.41, 5.74) is 5.24. The van der Waals surface area contributed by atoms with Gasteiger partial charge in [-0.2, -0.15) is 5.10 Å². The van der Waals surface area contributed by atoms with Crippen LogP contribution in [0.15, 0.2) is 54.6 Å². The fraction of sp³-hybridized carbons (Fsp3) is 0.348. The van der Waals surface area contributed by atoms with Crippen LogP contribution in [0.4, 0.5) is 0 Å². The highest BCUT2D eigenvalue weighted by molar-refractivity contribution is 5.72. The van der Waals surface area contributed by atoms with E-state index in [0.717, 1.165) is 17.1 Å². The largest absolute Gasteiger partial charge is 0.508 e. The smallest absolute Gasteiger partial charge is 0.117 e. The molecular formula is C23H28N2O. The maximum Gasteiger partial charge on any atom is 0.117 e. The van der Waals surface area contributed by atoms with Gasteiger partial charge in [0, 0.05) is 22.5 Å². The van der Waals surface area contributed by atoms with Gasteiger partial charge in [0.15, 0.2) is 0 Å². The molecule has 0 fully saturated rings. The average molecular weight is 348 g/mol. The molecule has 0 spiro atoms. The maximum absolute atomic E-state index is 9.98. The fourth-order valence-electron chi connectivity index (χ4n) is 3.33. The average Bonchev–Trinajstić information content (AvgIpc) is 2.97. The summed E-state index contributed by atoms with van der Waals surface area (Å²) in [4.78, 5) is 0. The number of phenols is 1. The Hall–Kier alpha value is -2.55. The molecule has 0 aliphatic heterocycles. The second-order valence-corrected chi connectivity index (χ2v) is 8.87. The third kappa shape index (κ3) is 3.39. The van der Waals surface area contributed by atoms with E-state index in [1.54, 1.807) is 12.1 Å². The van der Waals surface area contributed by atoms with E-state index in [4.69, 9.17) is 5.10 Å². The van der Waals surface area contributed by atoms with Gasteiger partial charge in [-0.1, -0.05) is 77.9 Å². The predicted octanol–water partition coefficient (Wildman–Crippen LogP) is 5.84. The van der Waals surface area contributed by atoms with E-state index in [2.05, 4.69) is 65.8 Å². The van der Waals surface area contributed by atoms with Crippen molar-refractivity contribution in [1.82, 2.24) is 9.78 Å². The summed E-state index contributed by atoms with van der Waals surface area (Å²) in [5.74, 6) is 0.247. The SMILES string of the molecule is CC(C)(C)c1nn(-c2cccc(O)c2)c(C(C)(C)C)c1-c1ccccc1. The lowest BCUT2D eigenvalue weighted by Gasteiger charge is -2.24. The summed E-state index contributed by atoms with van der Waals surface area (Å²) in [7, 11) is 0. The molecule has 136 valence electrons. The topological polar surface area (TPSA) is 38.0 Å². The summed E-state index contributed by atoms with van der Waals surface area (Å²) in [5, 5.41) is 15.0.